The van der Waals surface area contributed by atoms with E-state index in [1.807, 2.05) is 0 Å². The molecule has 1 N–H and O–H groups in total. The molecule has 0 bridgehead atoms. The van der Waals surface area contributed by atoms with Crippen LogP contribution in [0.5, 0.6) is 0 Å². The second kappa shape index (κ2) is 8.49. The molecule has 26 heavy (non-hydrogen) atoms. The molecule has 1 unspecified atom stereocenters. The number of rotatable bonds is 7. The third kappa shape index (κ3) is 5.43. The fraction of sp³-hybridized carbons (Fsp3) is 0.467. The number of esters is 2. The molecule has 0 saturated carbocycles. The molecule has 0 spiro atoms. The van der Waals surface area contributed by atoms with Gasteiger partial charge in [-0.15, -0.1) is 0 Å². The van der Waals surface area contributed by atoms with Crippen LogP contribution >= 0.6 is 0 Å². The van der Waals surface area contributed by atoms with Gasteiger partial charge >= 0.3 is 27.5 Å². The van der Waals surface area contributed by atoms with Gasteiger partial charge in [0.15, 0.2) is 0 Å². The van der Waals surface area contributed by atoms with E-state index < -0.39 is 39.4 Å². The number of hydrogen-bond donors (Lipinski definition) is 1. The summed E-state index contributed by atoms with van der Waals surface area (Å²) in [4.78, 5) is 23.1. The number of sulfonamides is 1. The predicted molar refractivity (Wildman–Crippen MR) is 84.6 cm³/mol. The molecule has 2 atom stereocenters. The van der Waals surface area contributed by atoms with Crippen LogP contribution in [-0.4, -0.2) is 46.1 Å². The lowest BCUT2D eigenvalue weighted by atomic mass is 9.94. The van der Waals surface area contributed by atoms with Gasteiger partial charge in [-0.25, -0.2) is 13.2 Å². The Hall–Kier alpha value is -2.14. The van der Waals surface area contributed by atoms with Crippen LogP contribution in [0, 0.1) is 5.92 Å². The van der Waals surface area contributed by atoms with Crippen LogP contribution in [-0.2, 0) is 30.7 Å². The Kier molecular flexibility index (Phi) is 7.16. The molecular formula is C15H18F3NO6S. The topological polar surface area (TPSA) is 98.8 Å². The molecule has 11 heteroatoms. The van der Waals surface area contributed by atoms with Crippen LogP contribution in [0.25, 0.3) is 0 Å². The summed E-state index contributed by atoms with van der Waals surface area (Å²) in [6.07, 6.45) is 0.0571. The molecule has 7 nitrogen and oxygen atoms in total. The van der Waals surface area contributed by atoms with Gasteiger partial charge in [0.2, 0.25) is 0 Å². The number of methoxy groups -OCH3 is 2. The minimum Gasteiger partial charge on any atom is -0.468 e. The Bertz CT molecular complexity index is 746. The number of benzene rings is 1. The highest BCUT2D eigenvalue weighted by Gasteiger charge is 2.48. The largest absolute Gasteiger partial charge is 0.511 e. The summed E-state index contributed by atoms with van der Waals surface area (Å²) >= 11 is 0. The van der Waals surface area contributed by atoms with E-state index in [9.17, 15) is 31.2 Å². The predicted octanol–water partition coefficient (Wildman–Crippen LogP) is 1.63. The number of nitrogens with one attached hydrogen (secondary N) is 1. The fourth-order valence-electron chi connectivity index (χ4n) is 2.14. The van der Waals surface area contributed by atoms with Crippen molar-refractivity contribution in [1.82, 2.24) is 4.72 Å². The number of carbonyl (C=O) groups is 2. The number of carbonyl (C=O) groups excluding carboxylic acids is 2. The molecule has 0 radical (unpaired) electrons. The summed E-state index contributed by atoms with van der Waals surface area (Å²) in [6, 6.07) is 4.21. The Balaban J connectivity index is 2.98. The minimum atomic E-state index is -5.72. The van der Waals surface area contributed by atoms with Crippen molar-refractivity contribution in [3.8, 4) is 0 Å². The lowest BCUT2D eigenvalue weighted by Gasteiger charge is -2.23. The molecule has 0 saturated heterocycles. The van der Waals surface area contributed by atoms with Crippen LogP contribution in [0.2, 0.25) is 0 Å². The van der Waals surface area contributed by atoms with Gasteiger partial charge in [0.25, 0.3) is 0 Å². The van der Waals surface area contributed by atoms with Crippen LogP contribution in [0.1, 0.15) is 22.8 Å². The smallest absolute Gasteiger partial charge is 0.468 e. The highest BCUT2D eigenvalue weighted by molar-refractivity contribution is 7.90. The van der Waals surface area contributed by atoms with E-state index in [4.69, 9.17) is 0 Å². The summed E-state index contributed by atoms with van der Waals surface area (Å²) in [6.45, 7) is 1.40. The van der Waals surface area contributed by atoms with Crippen molar-refractivity contribution in [1.29, 1.82) is 0 Å². The van der Waals surface area contributed by atoms with Crippen molar-refractivity contribution in [2.24, 2.45) is 5.92 Å². The molecule has 0 fully saturated rings. The van der Waals surface area contributed by atoms with E-state index in [0.29, 0.717) is 5.56 Å². The second-order valence-corrected chi connectivity index (χ2v) is 7.14. The summed E-state index contributed by atoms with van der Waals surface area (Å²) in [5, 5.41) is 0. The van der Waals surface area contributed by atoms with Gasteiger partial charge in [-0.2, -0.15) is 17.9 Å². The zero-order valence-electron chi connectivity index (χ0n) is 14.2. The average Bonchev–Trinajstić information content (AvgIpc) is 2.57. The monoisotopic (exact) mass is 397 g/mol. The van der Waals surface area contributed by atoms with Gasteiger partial charge in [0, 0.05) is 0 Å². The highest BCUT2D eigenvalue weighted by Crippen LogP contribution is 2.24. The summed E-state index contributed by atoms with van der Waals surface area (Å²) in [7, 11) is -3.57. The van der Waals surface area contributed by atoms with E-state index in [0.717, 1.165) is 7.11 Å². The maximum atomic E-state index is 12.6. The van der Waals surface area contributed by atoms with Crippen LogP contribution < -0.4 is 4.72 Å². The first-order chi connectivity index (χ1) is 11.9. The second-order valence-electron chi connectivity index (χ2n) is 5.44. The molecule has 1 aromatic rings. The standard InChI is InChI=1S/C15H18F3NO6S/c1-9(8-10-4-6-11(7-5-10)13(20)24-2)12(14(21)25-3)19-26(22,23)15(16,17)18/h4-7,9,12,19H,8H2,1-3H3/t9?,12-/m0/s1. The van der Waals surface area contributed by atoms with Gasteiger partial charge in [0.1, 0.15) is 6.04 Å². The molecule has 0 aliphatic heterocycles. The van der Waals surface area contributed by atoms with Gasteiger partial charge in [-0.1, -0.05) is 19.1 Å². The van der Waals surface area contributed by atoms with Crippen molar-refractivity contribution in [2.45, 2.75) is 24.9 Å². The maximum Gasteiger partial charge on any atom is 0.511 e. The van der Waals surface area contributed by atoms with Gasteiger partial charge in [-0.05, 0) is 30.0 Å². The normalized spacial score (nSPS) is 14.4. The molecule has 1 aromatic carbocycles. The third-order valence-electron chi connectivity index (χ3n) is 3.54. The SMILES string of the molecule is COC(=O)c1ccc(CC(C)[C@H](NS(=O)(=O)C(F)(F)F)C(=O)OC)cc1. The highest BCUT2D eigenvalue weighted by atomic mass is 32.2. The molecule has 1 rings (SSSR count). The Labute approximate surface area is 148 Å². The first-order valence-corrected chi connectivity index (χ1v) is 8.75. The maximum absolute atomic E-state index is 12.6. The van der Waals surface area contributed by atoms with Gasteiger partial charge in [0.05, 0.1) is 19.8 Å². The molecule has 0 aliphatic carbocycles. The van der Waals surface area contributed by atoms with E-state index in [2.05, 4.69) is 9.47 Å². The van der Waals surface area contributed by atoms with Crippen molar-refractivity contribution in [2.75, 3.05) is 14.2 Å². The number of ether oxygens (including phenoxy) is 2. The Morgan fingerprint density at radius 2 is 1.65 bits per heavy atom. The lowest BCUT2D eigenvalue weighted by molar-refractivity contribution is -0.144. The zero-order valence-corrected chi connectivity index (χ0v) is 15.0. The summed E-state index contributed by atoms with van der Waals surface area (Å²) < 4.78 is 70.6. The fourth-order valence-corrected chi connectivity index (χ4v) is 2.94. The quantitative estimate of drug-likeness (QED) is 0.703. The van der Waals surface area contributed by atoms with Crippen molar-refractivity contribution < 1.29 is 40.7 Å². The molecule has 0 aliphatic rings. The summed E-state index contributed by atoms with van der Waals surface area (Å²) in [5.74, 6) is -2.56. The van der Waals surface area contributed by atoms with E-state index in [1.165, 1.54) is 43.0 Å². The lowest BCUT2D eigenvalue weighted by Crippen LogP contribution is -2.50. The first-order valence-electron chi connectivity index (χ1n) is 7.26. The number of hydrogen-bond acceptors (Lipinski definition) is 6. The van der Waals surface area contributed by atoms with E-state index in [1.54, 1.807) is 0 Å². The molecule has 0 amide bonds. The zero-order chi connectivity index (χ0) is 20.1. The van der Waals surface area contributed by atoms with Crippen molar-refractivity contribution in [3.63, 3.8) is 0 Å². The first kappa shape index (κ1) is 21.9. The summed E-state index contributed by atoms with van der Waals surface area (Å²) in [5.41, 5.74) is -4.71. The van der Waals surface area contributed by atoms with Crippen LogP contribution in [0.15, 0.2) is 24.3 Å². The minimum absolute atomic E-state index is 0.0571. The molecule has 0 aromatic heterocycles. The Morgan fingerprint density at radius 3 is 2.08 bits per heavy atom. The molecule has 0 heterocycles. The van der Waals surface area contributed by atoms with Crippen LogP contribution in [0.3, 0.4) is 0 Å². The Morgan fingerprint density at radius 1 is 1.12 bits per heavy atom. The van der Waals surface area contributed by atoms with E-state index >= 15 is 0 Å². The van der Waals surface area contributed by atoms with E-state index in [-0.39, 0.29) is 12.0 Å². The number of alkyl halides is 3. The third-order valence-corrected chi connectivity index (χ3v) is 4.72. The van der Waals surface area contributed by atoms with Crippen molar-refractivity contribution in [3.05, 3.63) is 35.4 Å². The van der Waals surface area contributed by atoms with Gasteiger partial charge < -0.3 is 9.47 Å². The molecular weight excluding hydrogens is 379 g/mol. The number of halogens is 3. The molecule has 146 valence electrons. The van der Waals surface area contributed by atoms with Crippen LogP contribution in [0.4, 0.5) is 13.2 Å². The van der Waals surface area contributed by atoms with Gasteiger partial charge in [-0.3, -0.25) is 4.79 Å². The average molecular weight is 397 g/mol. The van der Waals surface area contributed by atoms with Crippen molar-refractivity contribution >= 4 is 22.0 Å².